The fourth-order valence-corrected chi connectivity index (χ4v) is 10.9. The number of carbonyl (C=O) groups is 3. The topological polar surface area (TPSA) is 227 Å². The normalized spacial score (nSPS) is 19.2. The number of hydrogen-bond donors (Lipinski definition) is 5. The molecule has 0 spiro atoms. The first-order valence-corrected chi connectivity index (χ1v) is 27.5. The highest BCUT2D eigenvalue weighted by Crippen LogP contribution is 2.34. The summed E-state index contributed by atoms with van der Waals surface area (Å²) >= 11 is 8.02. The van der Waals surface area contributed by atoms with Gasteiger partial charge in [-0.05, 0) is 82.2 Å². The molecule has 18 nitrogen and oxygen atoms in total. The van der Waals surface area contributed by atoms with Crippen molar-refractivity contribution in [2.45, 2.75) is 114 Å². The molecule has 72 heavy (non-hydrogen) atoms. The summed E-state index contributed by atoms with van der Waals surface area (Å²) in [4.78, 5) is 58.7. The number of ether oxygens (including phenoxy) is 3. The molecule has 394 valence electrons. The van der Waals surface area contributed by atoms with Crippen molar-refractivity contribution >= 4 is 68.3 Å². The molecule has 5 atom stereocenters. The van der Waals surface area contributed by atoms with Gasteiger partial charge >= 0.3 is 0 Å². The number of carbonyl (C=O) groups excluding carboxylic acids is 3. The van der Waals surface area contributed by atoms with Crippen molar-refractivity contribution in [3.8, 4) is 10.4 Å². The van der Waals surface area contributed by atoms with Crippen LogP contribution in [-0.2, 0) is 38.4 Å². The van der Waals surface area contributed by atoms with Gasteiger partial charge in [-0.25, -0.2) is 18.4 Å². The first-order chi connectivity index (χ1) is 34.3. The lowest BCUT2D eigenvalue weighted by molar-refractivity contribution is -0.133. The molecule has 2 amide bonds. The molecule has 2 aliphatic heterocycles. The third-order valence-electron chi connectivity index (χ3n) is 13.2. The second-order valence-corrected chi connectivity index (χ2v) is 23.6. The average Bonchev–Trinajstić information content (AvgIpc) is 3.95. The number of aliphatic hydroxyl groups excluding tert-OH is 1. The van der Waals surface area contributed by atoms with Crippen molar-refractivity contribution < 1.29 is 42.1 Å². The van der Waals surface area contributed by atoms with Crippen LogP contribution in [0.15, 0.2) is 65.1 Å². The average molecular weight is 1050 g/mol. The van der Waals surface area contributed by atoms with Crippen LogP contribution in [0.3, 0.4) is 0 Å². The van der Waals surface area contributed by atoms with Crippen LogP contribution in [0.4, 0.5) is 17.5 Å². The molecule has 0 unspecified atom stereocenters. The van der Waals surface area contributed by atoms with Crippen LogP contribution in [0.2, 0.25) is 5.02 Å². The van der Waals surface area contributed by atoms with Crippen molar-refractivity contribution in [1.82, 2.24) is 35.4 Å². The molecule has 5 N–H and O–H groups in total. The van der Waals surface area contributed by atoms with Crippen LogP contribution in [-0.4, -0.2) is 158 Å². The number of β-amino-alcohol motifs (C(OH)–C–C–N with tert-alkyl or cyclic N) is 1. The van der Waals surface area contributed by atoms with E-state index in [0.717, 1.165) is 60.5 Å². The minimum atomic E-state index is -3.55. The molecule has 6 rings (SSSR count). The molecule has 21 heteroatoms. The van der Waals surface area contributed by atoms with Gasteiger partial charge in [0.05, 0.1) is 95.9 Å². The van der Waals surface area contributed by atoms with E-state index in [9.17, 15) is 27.9 Å². The number of sulfone groups is 1. The Morgan fingerprint density at radius 2 is 1.67 bits per heavy atom. The molecule has 0 radical (unpaired) electrons. The number of amides is 2. The van der Waals surface area contributed by atoms with E-state index in [-0.39, 0.29) is 73.0 Å². The lowest BCUT2D eigenvalue weighted by Gasteiger charge is -2.44. The maximum atomic E-state index is 13.7. The number of nitrogens with zero attached hydrogens (tertiary/aromatic N) is 5. The molecule has 4 heterocycles. The van der Waals surface area contributed by atoms with Gasteiger partial charge < -0.3 is 45.4 Å². The molecule has 2 fully saturated rings. The van der Waals surface area contributed by atoms with Gasteiger partial charge in [0.1, 0.15) is 16.8 Å². The quantitative estimate of drug-likeness (QED) is 0.0348. The van der Waals surface area contributed by atoms with E-state index in [1.165, 1.54) is 6.20 Å². The number of para-hydroxylation sites is 1. The molecule has 2 aliphatic rings. The summed E-state index contributed by atoms with van der Waals surface area (Å²) < 4.78 is 43.2. The Morgan fingerprint density at radius 3 is 2.33 bits per heavy atom. The second-order valence-electron chi connectivity index (χ2n) is 19.8. The summed E-state index contributed by atoms with van der Waals surface area (Å²) in [5.74, 6) is 0.0670. The Labute approximate surface area is 433 Å². The van der Waals surface area contributed by atoms with E-state index in [4.69, 9.17) is 25.8 Å². The van der Waals surface area contributed by atoms with Crippen molar-refractivity contribution in [1.29, 1.82) is 0 Å². The van der Waals surface area contributed by atoms with Crippen LogP contribution in [0.5, 0.6) is 0 Å². The SMILES string of the molecule is Cc1ncsc1-c1ccc([C@H](C)NC(=O)[C@@H]2C[C@@H](O)CN2C[C@](C=O)(NC(=O)CCOCCOCCOCCN2CCC[C@@H](Nc3ncc(Cl)c(Nc4ccccc4S(=O)(=O)C(C)C)n3)C2)C(C)(C)C)cc1. The summed E-state index contributed by atoms with van der Waals surface area (Å²) in [6.45, 7) is 17.4. The van der Waals surface area contributed by atoms with Crippen LogP contribution in [0.25, 0.3) is 10.4 Å². The first-order valence-electron chi connectivity index (χ1n) is 24.6. The fourth-order valence-electron chi connectivity index (χ4n) is 8.74. The number of nitrogens with one attached hydrogen (secondary N) is 4. The van der Waals surface area contributed by atoms with E-state index >= 15 is 0 Å². The molecule has 2 aromatic heterocycles. The van der Waals surface area contributed by atoms with Gasteiger partial charge in [0.25, 0.3) is 0 Å². The van der Waals surface area contributed by atoms with Gasteiger partial charge in [-0.15, -0.1) is 11.3 Å². The Kier molecular flexibility index (Phi) is 20.5. The Hall–Kier alpha value is -4.64. The number of likely N-dealkylation sites (tertiary alicyclic amines) is 2. The lowest BCUT2D eigenvalue weighted by atomic mass is 9.73. The maximum Gasteiger partial charge on any atom is 0.237 e. The van der Waals surface area contributed by atoms with E-state index in [1.807, 2.05) is 64.4 Å². The van der Waals surface area contributed by atoms with Crippen LogP contribution in [0, 0.1) is 12.3 Å². The zero-order valence-corrected chi connectivity index (χ0v) is 44.9. The number of aromatic nitrogens is 3. The van der Waals surface area contributed by atoms with E-state index < -0.39 is 38.2 Å². The number of thiazole rings is 1. The smallest absolute Gasteiger partial charge is 0.237 e. The highest BCUT2D eigenvalue weighted by molar-refractivity contribution is 7.92. The lowest BCUT2D eigenvalue weighted by Crippen LogP contribution is -2.65. The standard InChI is InChI=1S/C51H72ClN9O9S2/c1-34(2)72(66,67)44-13-9-8-12-42(44)57-47-41(52)28-53-49(58-47)56-39-11-10-19-60(29-39)20-22-69-24-26-70-25-23-68-21-18-45(64)59-51(32-62,50(5,6)7)31-61-30-40(63)27-43(61)48(65)55-35(3)37-14-16-38(17-15-37)46-36(4)54-33-71-46/h8-9,12-17,28,32-35,39-40,43,63H,10-11,18-27,29-31H2,1-7H3,(H,55,65)(H,59,64)(H2,53,56,57,58)/t35-,39+,40+,43-,51+/m0/s1. The van der Waals surface area contributed by atoms with Gasteiger partial charge in [-0.3, -0.25) is 19.4 Å². The van der Waals surface area contributed by atoms with Gasteiger partial charge in [0.15, 0.2) is 15.7 Å². The van der Waals surface area contributed by atoms with Gasteiger partial charge in [0, 0.05) is 38.6 Å². The van der Waals surface area contributed by atoms with Crippen LogP contribution in [0.1, 0.15) is 84.5 Å². The second kappa shape index (κ2) is 26.0. The largest absolute Gasteiger partial charge is 0.392 e. The number of aliphatic hydroxyl groups is 1. The molecular weight excluding hydrogens is 982 g/mol. The third-order valence-corrected chi connectivity index (χ3v) is 16.7. The predicted octanol–water partition coefficient (Wildman–Crippen LogP) is 6.22. The molecular formula is C51H72ClN9O9S2. The Bertz CT molecular complexity index is 2530. The number of aldehydes is 1. The van der Waals surface area contributed by atoms with E-state index in [1.54, 1.807) is 54.3 Å². The number of piperidine rings is 1. The predicted molar refractivity (Wildman–Crippen MR) is 280 cm³/mol. The highest BCUT2D eigenvalue weighted by atomic mass is 35.5. The summed E-state index contributed by atoms with van der Waals surface area (Å²) in [7, 11) is -3.55. The number of benzene rings is 2. The van der Waals surface area contributed by atoms with E-state index in [2.05, 4.69) is 41.1 Å². The first kappa shape index (κ1) is 56.7. The maximum absolute atomic E-state index is 13.7. The highest BCUT2D eigenvalue weighted by Gasteiger charge is 2.48. The number of aryl methyl sites for hydroxylation is 1. The summed E-state index contributed by atoms with van der Waals surface area (Å²) in [5, 5.41) is 23.0. The zero-order valence-electron chi connectivity index (χ0n) is 42.5. The van der Waals surface area contributed by atoms with Gasteiger partial charge in [0.2, 0.25) is 17.8 Å². The number of anilines is 3. The Morgan fingerprint density at radius 1 is 0.972 bits per heavy atom. The van der Waals surface area contributed by atoms with Crippen molar-refractivity contribution in [3.63, 3.8) is 0 Å². The molecule has 2 aromatic carbocycles. The minimum Gasteiger partial charge on any atom is -0.392 e. The van der Waals surface area contributed by atoms with Gasteiger partial charge in [-0.1, -0.05) is 68.8 Å². The fraction of sp³-hybridized carbons (Fsp3) is 0.569. The summed E-state index contributed by atoms with van der Waals surface area (Å²) in [6.07, 6.45) is 3.60. The Balaban J connectivity index is 0.860. The molecule has 4 aromatic rings. The van der Waals surface area contributed by atoms with E-state index in [0.29, 0.717) is 43.9 Å². The van der Waals surface area contributed by atoms with Crippen LogP contribution < -0.4 is 21.3 Å². The minimum absolute atomic E-state index is 0.0138. The molecule has 2 saturated heterocycles. The van der Waals surface area contributed by atoms with Crippen molar-refractivity contribution in [2.24, 2.45) is 5.41 Å². The molecule has 0 saturated carbocycles. The third kappa shape index (κ3) is 15.2. The zero-order chi connectivity index (χ0) is 52.1. The summed E-state index contributed by atoms with van der Waals surface area (Å²) in [5.41, 5.74) is 3.08. The number of halogens is 1. The van der Waals surface area contributed by atoms with Crippen molar-refractivity contribution in [3.05, 3.63) is 76.5 Å². The van der Waals surface area contributed by atoms with Gasteiger partial charge in [-0.2, -0.15) is 4.98 Å². The summed E-state index contributed by atoms with van der Waals surface area (Å²) in [6, 6.07) is 13.8. The number of rotatable bonds is 26. The molecule has 0 bridgehead atoms. The molecule has 0 aliphatic carbocycles. The van der Waals surface area contributed by atoms with Crippen molar-refractivity contribution in [2.75, 3.05) is 83.0 Å². The van der Waals surface area contributed by atoms with Crippen LogP contribution >= 0.6 is 22.9 Å². The number of hydrogen-bond acceptors (Lipinski definition) is 17. The monoisotopic (exact) mass is 1050 g/mol.